The maximum Gasteiger partial charge on any atom is 0.234 e. The second kappa shape index (κ2) is 5.09. The van der Waals surface area contributed by atoms with Gasteiger partial charge in [0.25, 0.3) is 0 Å². The van der Waals surface area contributed by atoms with E-state index >= 15 is 0 Å². The molecule has 7 heteroatoms. The van der Waals surface area contributed by atoms with Crippen molar-refractivity contribution in [2.24, 2.45) is 0 Å². The lowest BCUT2D eigenvalue weighted by atomic mass is 10.1. The number of benzene rings is 1. The molecule has 3 aromatic rings. The lowest BCUT2D eigenvalue weighted by molar-refractivity contribution is 0.193. The van der Waals surface area contributed by atoms with Gasteiger partial charge in [-0.3, -0.25) is 0 Å². The summed E-state index contributed by atoms with van der Waals surface area (Å²) < 4.78 is 7.29. The molecule has 0 bridgehead atoms. The van der Waals surface area contributed by atoms with Crippen LogP contribution in [0.4, 0.5) is 5.69 Å². The van der Waals surface area contributed by atoms with Crippen LogP contribution in [-0.2, 0) is 11.2 Å². The number of nitrogen functional groups attached to an aromatic ring is 1. The summed E-state index contributed by atoms with van der Waals surface area (Å²) >= 11 is 1.56. The monoisotopic (exact) mass is 301 g/mol. The molecule has 1 aliphatic rings. The minimum Gasteiger partial charge on any atom is -0.398 e. The first-order valence-corrected chi connectivity index (χ1v) is 7.75. The highest BCUT2D eigenvalue weighted by atomic mass is 32.1. The molecule has 0 amide bonds. The van der Waals surface area contributed by atoms with Gasteiger partial charge in [-0.15, -0.1) is 10.2 Å². The molecule has 4 rings (SSSR count). The van der Waals surface area contributed by atoms with Crippen molar-refractivity contribution >= 4 is 22.0 Å². The zero-order chi connectivity index (χ0) is 14.2. The third-order valence-corrected chi connectivity index (χ3v) is 4.65. The van der Waals surface area contributed by atoms with Crippen LogP contribution >= 0.6 is 11.3 Å². The van der Waals surface area contributed by atoms with E-state index in [0.717, 1.165) is 46.5 Å². The second-order valence-electron chi connectivity index (χ2n) is 5.18. The predicted octanol–water partition coefficient (Wildman–Crippen LogP) is 1.86. The quantitative estimate of drug-likeness (QED) is 0.747. The van der Waals surface area contributed by atoms with Gasteiger partial charge in [-0.2, -0.15) is 9.61 Å². The van der Waals surface area contributed by atoms with Gasteiger partial charge in [0.05, 0.1) is 6.61 Å². The van der Waals surface area contributed by atoms with E-state index in [-0.39, 0.29) is 0 Å². The van der Waals surface area contributed by atoms with Crippen LogP contribution in [0.15, 0.2) is 24.3 Å². The van der Waals surface area contributed by atoms with Gasteiger partial charge >= 0.3 is 0 Å². The average molecular weight is 301 g/mol. The first-order chi connectivity index (χ1) is 10.3. The van der Waals surface area contributed by atoms with E-state index in [0.29, 0.717) is 12.5 Å². The van der Waals surface area contributed by atoms with E-state index in [1.165, 1.54) is 0 Å². The maximum absolute atomic E-state index is 5.99. The number of hydrogen-bond acceptors (Lipinski definition) is 6. The topological polar surface area (TPSA) is 78.3 Å². The number of nitrogens with two attached hydrogens (primary N) is 1. The minimum atomic E-state index is 0.303. The molecule has 0 aliphatic carbocycles. The summed E-state index contributed by atoms with van der Waals surface area (Å²) in [4.78, 5) is 0.835. The summed E-state index contributed by atoms with van der Waals surface area (Å²) in [6.45, 7) is 1.50. The number of aromatic nitrogens is 4. The fraction of sp³-hybridized carbons (Fsp3) is 0.357. The van der Waals surface area contributed by atoms with Gasteiger partial charge in [0.15, 0.2) is 5.82 Å². The third kappa shape index (κ3) is 2.28. The zero-order valence-electron chi connectivity index (χ0n) is 11.4. The molecule has 1 atom stereocenters. The molecule has 1 aliphatic heterocycles. The zero-order valence-corrected chi connectivity index (χ0v) is 12.2. The highest BCUT2D eigenvalue weighted by molar-refractivity contribution is 7.16. The molecule has 1 unspecified atom stereocenters. The molecule has 1 aromatic carbocycles. The van der Waals surface area contributed by atoms with Gasteiger partial charge in [-0.05, 0) is 18.1 Å². The third-order valence-electron chi connectivity index (χ3n) is 3.75. The lowest BCUT2D eigenvalue weighted by Crippen LogP contribution is -2.05. The fourth-order valence-corrected chi connectivity index (χ4v) is 3.46. The number of hydrogen-bond donors (Lipinski definition) is 1. The van der Waals surface area contributed by atoms with Crippen molar-refractivity contribution in [1.29, 1.82) is 0 Å². The number of fused-ring (bicyclic) bond motifs is 1. The van der Waals surface area contributed by atoms with Crippen LogP contribution in [0.2, 0.25) is 0 Å². The molecule has 2 N–H and O–H groups in total. The number of ether oxygens (including phenoxy) is 1. The molecule has 3 heterocycles. The van der Waals surface area contributed by atoms with Crippen LogP contribution in [-0.4, -0.2) is 33.0 Å². The van der Waals surface area contributed by atoms with Gasteiger partial charge < -0.3 is 10.5 Å². The van der Waals surface area contributed by atoms with E-state index in [1.807, 2.05) is 28.8 Å². The second-order valence-corrected chi connectivity index (χ2v) is 6.23. The van der Waals surface area contributed by atoms with Crippen LogP contribution in [0, 0.1) is 0 Å². The molecule has 21 heavy (non-hydrogen) atoms. The smallest absolute Gasteiger partial charge is 0.234 e. The SMILES string of the molecule is Nc1ccccc1Cc1nn2c(C3CCOC3)nnc2s1. The number of nitrogens with zero attached hydrogens (tertiary/aromatic N) is 4. The van der Waals surface area contributed by atoms with Crippen LogP contribution in [0.1, 0.15) is 28.7 Å². The van der Waals surface area contributed by atoms with Crippen molar-refractivity contribution < 1.29 is 4.74 Å². The van der Waals surface area contributed by atoms with E-state index in [4.69, 9.17) is 10.5 Å². The molecule has 0 saturated carbocycles. The summed E-state index contributed by atoms with van der Waals surface area (Å²) in [5.74, 6) is 1.21. The van der Waals surface area contributed by atoms with Crippen LogP contribution in [0.5, 0.6) is 0 Å². The Morgan fingerprint density at radius 1 is 1.33 bits per heavy atom. The molecule has 1 saturated heterocycles. The van der Waals surface area contributed by atoms with Crippen molar-refractivity contribution in [3.05, 3.63) is 40.7 Å². The molecule has 2 aromatic heterocycles. The maximum atomic E-state index is 5.99. The minimum absolute atomic E-state index is 0.303. The molecule has 1 fully saturated rings. The van der Waals surface area contributed by atoms with E-state index in [2.05, 4.69) is 15.3 Å². The highest BCUT2D eigenvalue weighted by Crippen LogP contribution is 2.26. The Balaban J connectivity index is 1.66. The van der Waals surface area contributed by atoms with Crippen molar-refractivity contribution in [3.63, 3.8) is 0 Å². The Hall–Kier alpha value is -1.99. The molecule has 0 spiro atoms. The largest absolute Gasteiger partial charge is 0.398 e. The van der Waals surface area contributed by atoms with E-state index in [1.54, 1.807) is 11.3 Å². The highest BCUT2D eigenvalue weighted by Gasteiger charge is 2.24. The van der Waals surface area contributed by atoms with Crippen molar-refractivity contribution in [3.8, 4) is 0 Å². The van der Waals surface area contributed by atoms with Gasteiger partial charge in [0.1, 0.15) is 5.01 Å². The van der Waals surface area contributed by atoms with Crippen LogP contribution in [0.3, 0.4) is 0 Å². The normalized spacial score (nSPS) is 18.6. The van der Waals surface area contributed by atoms with Gasteiger partial charge in [-0.1, -0.05) is 29.5 Å². The van der Waals surface area contributed by atoms with Gasteiger partial charge in [-0.25, -0.2) is 0 Å². The Morgan fingerprint density at radius 2 is 2.24 bits per heavy atom. The Kier molecular flexibility index (Phi) is 3.08. The first kappa shape index (κ1) is 12.7. The standard InChI is InChI=1S/C14H15N5OS/c15-11-4-2-1-3-9(11)7-12-18-19-13(10-5-6-20-8-10)16-17-14(19)21-12/h1-4,10H,5-8,15H2. The summed E-state index contributed by atoms with van der Waals surface area (Å²) in [7, 11) is 0. The summed E-state index contributed by atoms with van der Waals surface area (Å²) in [5, 5.41) is 14.1. The van der Waals surface area contributed by atoms with Crippen LogP contribution in [0.25, 0.3) is 4.96 Å². The van der Waals surface area contributed by atoms with Gasteiger partial charge in [0, 0.05) is 24.6 Å². The fourth-order valence-electron chi connectivity index (χ4n) is 2.59. The Bertz CT molecular complexity index is 775. The molecule has 108 valence electrons. The Morgan fingerprint density at radius 3 is 3.05 bits per heavy atom. The van der Waals surface area contributed by atoms with Crippen molar-refractivity contribution in [1.82, 2.24) is 19.8 Å². The first-order valence-electron chi connectivity index (χ1n) is 6.93. The predicted molar refractivity (Wildman–Crippen MR) is 80.5 cm³/mol. The number of para-hydroxylation sites is 1. The molecular formula is C14H15N5OS. The van der Waals surface area contributed by atoms with Gasteiger partial charge in [0.2, 0.25) is 4.96 Å². The molecular weight excluding hydrogens is 286 g/mol. The van der Waals surface area contributed by atoms with Crippen molar-refractivity contribution in [2.45, 2.75) is 18.8 Å². The molecule has 0 radical (unpaired) electrons. The number of rotatable bonds is 3. The Labute approximate surface area is 125 Å². The number of anilines is 1. The summed E-state index contributed by atoms with van der Waals surface area (Å²) in [5.41, 5.74) is 7.88. The average Bonchev–Trinajstić information content (AvgIpc) is 3.17. The summed E-state index contributed by atoms with van der Waals surface area (Å²) in [6, 6.07) is 7.88. The van der Waals surface area contributed by atoms with E-state index < -0.39 is 0 Å². The van der Waals surface area contributed by atoms with E-state index in [9.17, 15) is 0 Å². The lowest BCUT2D eigenvalue weighted by Gasteiger charge is -2.03. The van der Waals surface area contributed by atoms with Crippen molar-refractivity contribution in [2.75, 3.05) is 18.9 Å². The molecule has 6 nitrogen and oxygen atoms in total. The summed E-state index contributed by atoms with van der Waals surface area (Å²) in [6.07, 6.45) is 1.71. The van der Waals surface area contributed by atoms with Crippen LogP contribution < -0.4 is 5.73 Å².